The van der Waals surface area contributed by atoms with Crippen LogP contribution in [0.3, 0.4) is 0 Å². The second kappa shape index (κ2) is 6.58. The number of benzene rings is 1. The molecule has 6 nitrogen and oxygen atoms in total. The Balaban J connectivity index is 1.98. The van der Waals surface area contributed by atoms with Gasteiger partial charge in [-0.05, 0) is 37.1 Å². The Hall–Kier alpha value is -2.08. The van der Waals surface area contributed by atoms with Crippen LogP contribution in [0.25, 0.3) is 0 Å². The summed E-state index contributed by atoms with van der Waals surface area (Å²) in [5, 5.41) is 12.4. The summed E-state index contributed by atoms with van der Waals surface area (Å²) < 4.78 is 5.13. The number of hydrogen-bond donors (Lipinski definition) is 3. The van der Waals surface area contributed by atoms with E-state index in [0.717, 1.165) is 25.7 Å². The fourth-order valence-corrected chi connectivity index (χ4v) is 2.54. The van der Waals surface area contributed by atoms with Crippen LogP contribution in [0.5, 0.6) is 5.75 Å². The predicted molar refractivity (Wildman–Crippen MR) is 76.9 cm³/mol. The zero-order valence-corrected chi connectivity index (χ0v) is 11.8. The van der Waals surface area contributed by atoms with Crippen LogP contribution in [0.2, 0.25) is 0 Å². The van der Waals surface area contributed by atoms with Gasteiger partial charge in [-0.3, -0.25) is 9.59 Å². The lowest BCUT2D eigenvalue weighted by atomic mass is 9.98. The minimum absolute atomic E-state index is 0.0431. The fourth-order valence-electron chi connectivity index (χ4n) is 2.54. The molecule has 1 aliphatic rings. The van der Waals surface area contributed by atoms with E-state index in [2.05, 4.69) is 5.32 Å². The fraction of sp³-hybridized carbons (Fsp3) is 0.467. The summed E-state index contributed by atoms with van der Waals surface area (Å²) in [5.74, 6) is -0.293. The molecule has 21 heavy (non-hydrogen) atoms. The molecule has 0 aliphatic heterocycles. The molecule has 1 aromatic carbocycles. The highest BCUT2D eigenvalue weighted by atomic mass is 16.5. The molecule has 4 N–H and O–H groups in total. The molecule has 0 radical (unpaired) electrons. The zero-order chi connectivity index (χ0) is 15.3. The molecule has 0 spiro atoms. The second-order valence-corrected chi connectivity index (χ2v) is 5.38. The average molecular weight is 292 g/mol. The van der Waals surface area contributed by atoms with Gasteiger partial charge in [-0.1, -0.05) is 12.8 Å². The van der Waals surface area contributed by atoms with Gasteiger partial charge in [0.15, 0.2) is 6.61 Å². The molecule has 2 amide bonds. The molecule has 1 aromatic rings. The van der Waals surface area contributed by atoms with Gasteiger partial charge in [-0.2, -0.15) is 0 Å². The molecule has 2 rings (SSSR count). The molecule has 1 fully saturated rings. The molecule has 0 atom stereocenters. The van der Waals surface area contributed by atoms with Crippen molar-refractivity contribution in [3.05, 3.63) is 29.8 Å². The van der Waals surface area contributed by atoms with Gasteiger partial charge in [0.2, 0.25) is 0 Å². The summed E-state index contributed by atoms with van der Waals surface area (Å²) in [6.45, 7) is -0.238. The molecule has 0 bridgehead atoms. The van der Waals surface area contributed by atoms with Crippen LogP contribution in [-0.2, 0) is 4.79 Å². The van der Waals surface area contributed by atoms with Crippen LogP contribution in [0, 0.1) is 0 Å². The number of rotatable bonds is 6. The van der Waals surface area contributed by atoms with Crippen molar-refractivity contribution >= 4 is 11.8 Å². The number of primary amides is 1. The summed E-state index contributed by atoms with van der Waals surface area (Å²) in [5.41, 5.74) is 4.99. The number of aliphatic hydroxyl groups excluding tert-OH is 1. The zero-order valence-electron chi connectivity index (χ0n) is 11.8. The molecule has 0 unspecified atom stereocenters. The van der Waals surface area contributed by atoms with Gasteiger partial charge in [0.1, 0.15) is 5.75 Å². The van der Waals surface area contributed by atoms with E-state index in [9.17, 15) is 14.7 Å². The Labute approximate surface area is 123 Å². The van der Waals surface area contributed by atoms with E-state index in [-0.39, 0.29) is 19.1 Å². The van der Waals surface area contributed by atoms with Gasteiger partial charge in [0, 0.05) is 5.56 Å². The average Bonchev–Trinajstić information content (AvgIpc) is 2.94. The molecule has 6 heteroatoms. The highest BCUT2D eigenvalue weighted by Gasteiger charge is 2.34. The Morgan fingerprint density at radius 3 is 2.38 bits per heavy atom. The first-order chi connectivity index (χ1) is 10.0. The number of hydrogen-bond acceptors (Lipinski definition) is 4. The molecular weight excluding hydrogens is 272 g/mol. The largest absolute Gasteiger partial charge is 0.484 e. The summed E-state index contributed by atoms with van der Waals surface area (Å²) in [7, 11) is 0. The number of carbonyl (C=O) groups excluding carboxylic acids is 2. The van der Waals surface area contributed by atoms with Crippen molar-refractivity contribution in [3.8, 4) is 5.75 Å². The SMILES string of the molecule is NC(=O)COc1ccc(C(=O)NC2(CO)CCCC2)cc1. The lowest BCUT2D eigenvalue weighted by Crippen LogP contribution is -2.49. The van der Waals surface area contributed by atoms with E-state index < -0.39 is 11.4 Å². The van der Waals surface area contributed by atoms with Crippen molar-refractivity contribution in [2.45, 2.75) is 31.2 Å². The van der Waals surface area contributed by atoms with E-state index in [1.807, 2.05) is 0 Å². The topological polar surface area (TPSA) is 102 Å². The van der Waals surface area contributed by atoms with Gasteiger partial charge < -0.3 is 20.9 Å². The Morgan fingerprint density at radius 1 is 1.24 bits per heavy atom. The first kappa shape index (κ1) is 15.3. The number of amides is 2. The number of nitrogens with two attached hydrogens (primary N) is 1. The van der Waals surface area contributed by atoms with Gasteiger partial charge in [0.25, 0.3) is 11.8 Å². The Kier molecular flexibility index (Phi) is 4.80. The van der Waals surface area contributed by atoms with Crippen molar-refractivity contribution in [3.63, 3.8) is 0 Å². The van der Waals surface area contributed by atoms with Crippen molar-refractivity contribution in [1.29, 1.82) is 0 Å². The third kappa shape index (κ3) is 3.95. The standard InChI is InChI=1S/C15H20N2O4/c16-13(19)9-21-12-5-3-11(4-6-12)14(20)17-15(10-18)7-1-2-8-15/h3-6,18H,1-2,7-10H2,(H2,16,19)(H,17,20). The number of carbonyl (C=O) groups is 2. The van der Waals surface area contributed by atoms with E-state index in [0.29, 0.717) is 11.3 Å². The third-order valence-corrected chi connectivity index (χ3v) is 3.74. The highest BCUT2D eigenvalue weighted by Crippen LogP contribution is 2.29. The number of aliphatic hydroxyl groups is 1. The van der Waals surface area contributed by atoms with Crippen molar-refractivity contribution < 1.29 is 19.4 Å². The summed E-state index contributed by atoms with van der Waals surface area (Å²) >= 11 is 0. The molecule has 1 aliphatic carbocycles. The maximum absolute atomic E-state index is 12.2. The van der Waals surface area contributed by atoms with Crippen molar-refractivity contribution in [2.24, 2.45) is 5.73 Å². The van der Waals surface area contributed by atoms with Crippen LogP contribution >= 0.6 is 0 Å². The lowest BCUT2D eigenvalue weighted by molar-refractivity contribution is -0.119. The maximum atomic E-state index is 12.2. The highest BCUT2D eigenvalue weighted by molar-refractivity contribution is 5.94. The van der Waals surface area contributed by atoms with E-state index in [4.69, 9.17) is 10.5 Å². The van der Waals surface area contributed by atoms with Crippen LogP contribution in [0.1, 0.15) is 36.0 Å². The maximum Gasteiger partial charge on any atom is 0.255 e. The summed E-state index contributed by atoms with van der Waals surface area (Å²) in [4.78, 5) is 22.8. The molecule has 114 valence electrons. The van der Waals surface area contributed by atoms with Crippen molar-refractivity contribution in [2.75, 3.05) is 13.2 Å². The predicted octanol–water partition coefficient (Wildman–Crippen LogP) is 0.586. The van der Waals surface area contributed by atoms with E-state index >= 15 is 0 Å². The smallest absolute Gasteiger partial charge is 0.255 e. The number of ether oxygens (including phenoxy) is 1. The molecule has 0 aromatic heterocycles. The van der Waals surface area contributed by atoms with Crippen LogP contribution < -0.4 is 15.8 Å². The summed E-state index contributed by atoms with van der Waals surface area (Å²) in [6, 6.07) is 6.45. The normalized spacial score (nSPS) is 16.4. The molecule has 0 heterocycles. The second-order valence-electron chi connectivity index (χ2n) is 5.38. The van der Waals surface area contributed by atoms with Gasteiger partial charge in [-0.25, -0.2) is 0 Å². The summed E-state index contributed by atoms with van der Waals surface area (Å²) in [6.07, 6.45) is 3.63. The van der Waals surface area contributed by atoms with Gasteiger partial charge in [0.05, 0.1) is 12.1 Å². The quantitative estimate of drug-likeness (QED) is 0.714. The third-order valence-electron chi connectivity index (χ3n) is 3.74. The van der Waals surface area contributed by atoms with Gasteiger partial charge >= 0.3 is 0 Å². The molecular formula is C15H20N2O4. The van der Waals surface area contributed by atoms with Crippen LogP contribution in [0.4, 0.5) is 0 Å². The molecule has 0 saturated heterocycles. The monoisotopic (exact) mass is 292 g/mol. The first-order valence-electron chi connectivity index (χ1n) is 6.99. The van der Waals surface area contributed by atoms with E-state index in [1.54, 1.807) is 24.3 Å². The number of nitrogens with one attached hydrogen (secondary N) is 1. The van der Waals surface area contributed by atoms with Crippen molar-refractivity contribution in [1.82, 2.24) is 5.32 Å². The molecule has 1 saturated carbocycles. The lowest BCUT2D eigenvalue weighted by Gasteiger charge is -2.28. The minimum Gasteiger partial charge on any atom is -0.484 e. The van der Waals surface area contributed by atoms with Gasteiger partial charge in [-0.15, -0.1) is 0 Å². The Morgan fingerprint density at radius 2 is 1.86 bits per heavy atom. The van der Waals surface area contributed by atoms with Crippen LogP contribution in [0.15, 0.2) is 24.3 Å². The van der Waals surface area contributed by atoms with Crippen LogP contribution in [-0.4, -0.2) is 35.7 Å². The minimum atomic E-state index is -0.553. The van der Waals surface area contributed by atoms with E-state index in [1.165, 1.54) is 0 Å². The Bertz CT molecular complexity index is 507. The first-order valence-corrected chi connectivity index (χ1v) is 6.99.